The predicted octanol–water partition coefficient (Wildman–Crippen LogP) is 3.83. The highest BCUT2D eigenvalue weighted by Crippen LogP contribution is 2.43. The molecule has 0 aromatic carbocycles. The van der Waals surface area contributed by atoms with E-state index in [1.54, 1.807) is 0 Å². The topological polar surface area (TPSA) is 38.9 Å². The molecular weight excluding hydrogens is 208 g/mol. The van der Waals surface area contributed by atoms with Crippen molar-refractivity contribution in [2.45, 2.75) is 57.3 Å². The fourth-order valence-corrected chi connectivity index (χ4v) is 3.02. The summed E-state index contributed by atoms with van der Waals surface area (Å²) in [6, 6.07) is 2.20. The normalized spacial score (nSPS) is 29.2. The molecule has 1 aromatic rings. The van der Waals surface area contributed by atoms with Crippen molar-refractivity contribution in [3.8, 4) is 0 Å². The summed E-state index contributed by atoms with van der Waals surface area (Å²) >= 11 is 0. The predicted molar refractivity (Wildman–Crippen MR) is 71.0 cm³/mol. The highest BCUT2D eigenvalue weighted by molar-refractivity contribution is 5.48. The van der Waals surface area contributed by atoms with Crippen LogP contribution in [0.2, 0.25) is 0 Å². The molecule has 0 radical (unpaired) electrons. The van der Waals surface area contributed by atoms with E-state index in [2.05, 4.69) is 24.2 Å². The van der Waals surface area contributed by atoms with Crippen LogP contribution in [0, 0.1) is 5.92 Å². The summed E-state index contributed by atoms with van der Waals surface area (Å²) in [5.41, 5.74) is 9.59. The van der Waals surface area contributed by atoms with Crippen molar-refractivity contribution in [1.29, 1.82) is 0 Å². The van der Waals surface area contributed by atoms with E-state index in [9.17, 15) is 0 Å². The fraction of sp³-hybridized carbons (Fsp3) is 0.667. The third-order valence-corrected chi connectivity index (χ3v) is 4.42. The molecule has 0 aliphatic heterocycles. The first-order valence-corrected chi connectivity index (χ1v) is 6.99. The Morgan fingerprint density at radius 3 is 2.29 bits per heavy atom. The highest BCUT2D eigenvalue weighted by atomic mass is 14.8. The van der Waals surface area contributed by atoms with E-state index in [1.807, 2.05) is 0 Å². The van der Waals surface area contributed by atoms with Crippen molar-refractivity contribution in [2.75, 3.05) is 5.73 Å². The van der Waals surface area contributed by atoms with Crippen molar-refractivity contribution in [2.24, 2.45) is 5.92 Å². The Balaban J connectivity index is 1.76. The minimum Gasteiger partial charge on any atom is -0.397 e. The van der Waals surface area contributed by atoms with Crippen molar-refractivity contribution in [3.05, 3.63) is 23.5 Å². The van der Waals surface area contributed by atoms with Gasteiger partial charge in [0.15, 0.2) is 0 Å². The molecule has 0 unspecified atom stereocenters. The molecule has 0 atom stereocenters. The number of rotatable bonds is 2. The van der Waals surface area contributed by atoms with Crippen LogP contribution in [0.4, 0.5) is 5.69 Å². The van der Waals surface area contributed by atoms with E-state index in [1.165, 1.54) is 44.1 Å². The van der Waals surface area contributed by atoms with Crippen LogP contribution in [0.1, 0.15) is 68.5 Å². The van der Waals surface area contributed by atoms with Gasteiger partial charge in [0.05, 0.1) is 11.4 Å². The molecule has 92 valence electrons. The molecule has 0 saturated heterocycles. The van der Waals surface area contributed by atoms with Gasteiger partial charge in [0.1, 0.15) is 0 Å². The summed E-state index contributed by atoms with van der Waals surface area (Å²) in [5, 5.41) is 0. The van der Waals surface area contributed by atoms with Crippen molar-refractivity contribution < 1.29 is 0 Å². The largest absolute Gasteiger partial charge is 0.397 e. The summed E-state index contributed by atoms with van der Waals surface area (Å²) < 4.78 is 0. The minimum atomic E-state index is 0.662. The van der Waals surface area contributed by atoms with Crippen LogP contribution in [0.5, 0.6) is 0 Å². The zero-order chi connectivity index (χ0) is 11.8. The molecule has 2 nitrogen and oxygen atoms in total. The van der Waals surface area contributed by atoms with Gasteiger partial charge in [-0.15, -0.1) is 0 Å². The number of nitrogens with two attached hydrogens (primary N) is 1. The number of nitrogen functional groups attached to an aromatic ring is 1. The summed E-state index contributed by atoms with van der Waals surface area (Å²) in [7, 11) is 0. The molecule has 0 spiro atoms. The van der Waals surface area contributed by atoms with Crippen LogP contribution in [-0.4, -0.2) is 4.98 Å². The first-order valence-electron chi connectivity index (χ1n) is 6.99. The second-order valence-corrected chi connectivity index (χ2v) is 5.97. The molecule has 2 fully saturated rings. The first-order chi connectivity index (χ1) is 8.24. The van der Waals surface area contributed by atoms with Crippen LogP contribution in [-0.2, 0) is 0 Å². The maximum atomic E-state index is 6.13. The molecule has 2 N–H and O–H groups in total. The van der Waals surface area contributed by atoms with Gasteiger partial charge < -0.3 is 5.73 Å². The third kappa shape index (κ3) is 2.31. The summed E-state index contributed by atoms with van der Waals surface area (Å²) in [6.07, 6.45) is 9.97. The number of nitrogens with zero attached hydrogens (tertiary/aromatic N) is 1. The summed E-state index contributed by atoms with van der Waals surface area (Å²) in [6.45, 7) is 2.36. The minimum absolute atomic E-state index is 0.662. The quantitative estimate of drug-likeness (QED) is 0.838. The average Bonchev–Trinajstić information content (AvgIpc) is 3.14. The number of aromatic nitrogens is 1. The van der Waals surface area contributed by atoms with Crippen molar-refractivity contribution >= 4 is 5.69 Å². The number of pyridine rings is 1. The van der Waals surface area contributed by atoms with E-state index < -0.39 is 0 Å². The Bertz CT molecular complexity index is 401. The zero-order valence-electron chi connectivity index (χ0n) is 10.7. The van der Waals surface area contributed by atoms with E-state index in [4.69, 9.17) is 5.73 Å². The van der Waals surface area contributed by atoms with Crippen LogP contribution >= 0.6 is 0 Å². The second kappa shape index (κ2) is 4.32. The van der Waals surface area contributed by atoms with Gasteiger partial charge in [-0.05, 0) is 49.1 Å². The van der Waals surface area contributed by atoms with Gasteiger partial charge in [0.2, 0.25) is 0 Å². The lowest BCUT2D eigenvalue weighted by molar-refractivity contribution is 0.347. The fourth-order valence-electron chi connectivity index (χ4n) is 3.02. The number of hydrogen-bond donors (Lipinski definition) is 1. The van der Waals surface area contributed by atoms with Crippen molar-refractivity contribution in [1.82, 2.24) is 4.98 Å². The Hall–Kier alpha value is -1.05. The van der Waals surface area contributed by atoms with Gasteiger partial charge in [0.25, 0.3) is 0 Å². The van der Waals surface area contributed by atoms with E-state index in [0.29, 0.717) is 11.8 Å². The molecule has 0 amide bonds. The van der Waals surface area contributed by atoms with Gasteiger partial charge in [-0.1, -0.05) is 19.8 Å². The van der Waals surface area contributed by atoms with Gasteiger partial charge in [-0.25, -0.2) is 0 Å². The lowest BCUT2D eigenvalue weighted by atomic mass is 9.80. The zero-order valence-corrected chi connectivity index (χ0v) is 10.7. The Morgan fingerprint density at radius 1 is 1.06 bits per heavy atom. The monoisotopic (exact) mass is 230 g/mol. The molecule has 2 aliphatic carbocycles. The lowest BCUT2D eigenvalue weighted by Gasteiger charge is -2.26. The van der Waals surface area contributed by atoms with Gasteiger partial charge in [-0.2, -0.15) is 0 Å². The third-order valence-electron chi connectivity index (χ3n) is 4.42. The molecule has 3 rings (SSSR count). The molecule has 0 bridgehead atoms. The van der Waals surface area contributed by atoms with E-state index in [0.717, 1.165) is 17.3 Å². The highest BCUT2D eigenvalue weighted by Gasteiger charge is 2.28. The maximum absolute atomic E-state index is 6.13. The smallest absolute Gasteiger partial charge is 0.0663 e. The summed E-state index contributed by atoms with van der Waals surface area (Å²) in [4.78, 5) is 4.61. The second-order valence-electron chi connectivity index (χ2n) is 5.97. The standard InChI is InChI=1S/C15H22N2/c1-10-2-4-11(5-3-10)13-8-14(16)15(17-9-13)12-6-7-12/h8-12H,2-7,16H2,1H3. The SMILES string of the molecule is CC1CCC(c2cnc(C3CC3)c(N)c2)CC1. The molecule has 2 aliphatic rings. The number of hydrogen-bond acceptors (Lipinski definition) is 2. The van der Waals surface area contributed by atoms with Crippen LogP contribution in [0.15, 0.2) is 12.3 Å². The van der Waals surface area contributed by atoms with Gasteiger partial charge in [0, 0.05) is 12.1 Å². The molecule has 17 heavy (non-hydrogen) atoms. The van der Waals surface area contributed by atoms with Gasteiger partial charge >= 0.3 is 0 Å². The lowest BCUT2D eigenvalue weighted by Crippen LogP contribution is -2.11. The van der Waals surface area contributed by atoms with Gasteiger partial charge in [-0.3, -0.25) is 4.98 Å². The van der Waals surface area contributed by atoms with E-state index in [-0.39, 0.29) is 0 Å². The Kier molecular flexibility index (Phi) is 2.81. The summed E-state index contributed by atoms with van der Waals surface area (Å²) in [5.74, 6) is 2.27. The van der Waals surface area contributed by atoms with Crippen LogP contribution in [0.3, 0.4) is 0 Å². The molecule has 2 heteroatoms. The Morgan fingerprint density at radius 2 is 1.71 bits per heavy atom. The van der Waals surface area contributed by atoms with E-state index >= 15 is 0 Å². The van der Waals surface area contributed by atoms with Crippen molar-refractivity contribution in [3.63, 3.8) is 0 Å². The molecule has 1 heterocycles. The van der Waals surface area contributed by atoms with Crippen LogP contribution < -0.4 is 5.73 Å². The molecule has 1 aromatic heterocycles. The first kappa shape index (κ1) is 11.1. The number of anilines is 1. The molecule has 2 saturated carbocycles. The Labute approximate surface area is 104 Å². The maximum Gasteiger partial charge on any atom is 0.0663 e. The molecular formula is C15H22N2. The average molecular weight is 230 g/mol. The van der Waals surface area contributed by atoms with Crippen LogP contribution in [0.25, 0.3) is 0 Å².